The average Bonchev–Trinajstić information content (AvgIpc) is 3.20. The lowest BCUT2D eigenvalue weighted by Crippen LogP contribution is -2.57. The Balaban J connectivity index is 1.37. The maximum atomic E-state index is 6.97. The van der Waals surface area contributed by atoms with Crippen LogP contribution in [-0.2, 0) is 0 Å². The van der Waals surface area contributed by atoms with Crippen molar-refractivity contribution in [2.75, 3.05) is 0 Å². The Bertz CT molecular complexity index is 2910. The molecule has 11 rings (SSSR count). The molecule has 0 unspecified atom stereocenters. The summed E-state index contributed by atoms with van der Waals surface area (Å²) >= 11 is 0. The Labute approximate surface area is 301 Å². The fourth-order valence-electron chi connectivity index (χ4n) is 8.51. The topological polar surface area (TPSA) is 18.5 Å². The summed E-state index contributed by atoms with van der Waals surface area (Å²) in [5, 5.41) is 13.8. The molecule has 0 fully saturated rings. The highest BCUT2D eigenvalue weighted by Gasteiger charge is 2.41. The first-order valence-electron chi connectivity index (χ1n) is 17.9. The van der Waals surface area contributed by atoms with E-state index in [-0.39, 0.29) is 6.71 Å². The lowest BCUT2D eigenvalue weighted by atomic mass is 9.34. The molecule has 0 spiro atoms. The Hall–Kier alpha value is -6.58. The highest BCUT2D eigenvalue weighted by Crippen LogP contribution is 2.42. The summed E-state index contributed by atoms with van der Waals surface area (Å²) < 4.78 is 13.9. The molecule has 2 aliphatic rings. The van der Waals surface area contributed by atoms with Gasteiger partial charge >= 0.3 is 0 Å². The Morgan fingerprint density at radius 3 is 1.17 bits per heavy atom. The zero-order valence-electron chi connectivity index (χ0n) is 28.6. The smallest absolute Gasteiger partial charge is 0.260 e. The molecule has 0 amide bonds. The second-order valence-electron chi connectivity index (χ2n) is 14.2. The Morgan fingerprint density at radius 2 is 0.712 bits per heavy atom. The van der Waals surface area contributed by atoms with E-state index >= 15 is 0 Å². The Kier molecular flexibility index (Phi) is 6.29. The molecule has 2 nitrogen and oxygen atoms in total. The molecule has 9 aromatic rings. The first-order chi connectivity index (χ1) is 25.6. The van der Waals surface area contributed by atoms with Gasteiger partial charge < -0.3 is 9.47 Å². The number of hydrogen-bond donors (Lipinski definition) is 0. The second kappa shape index (κ2) is 11.2. The summed E-state index contributed by atoms with van der Waals surface area (Å²) in [6, 6.07) is 61.7. The summed E-state index contributed by atoms with van der Waals surface area (Å²) in [5.41, 5.74) is 4.62. The van der Waals surface area contributed by atoms with Crippen LogP contribution in [0.25, 0.3) is 64.6 Å². The molecule has 0 saturated heterocycles. The van der Waals surface area contributed by atoms with Gasteiger partial charge in [-0.1, -0.05) is 121 Å². The van der Waals surface area contributed by atoms with E-state index in [9.17, 15) is 0 Å². The van der Waals surface area contributed by atoms with Crippen LogP contribution in [0.2, 0.25) is 0 Å². The van der Waals surface area contributed by atoms with Crippen LogP contribution in [0.4, 0.5) is 0 Å². The van der Waals surface area contributed by atoms with E-state index in [1.165, 1.54) is 37.9 Å². The highest BCUT2D eigenvalue weighted by molar-refractivity contribution is 6.98. The number of fused-ring (bicyclic) bond motifs is 24. The quantitative estimate of drug-likeness (QED) is 0.151. The van der Waals surface area contributed by atoms with Gasteiger partial charge in [0, 0.05) is 16.2 Å². The molecule has 52 heavy (non-hydrogen) atoms. The van der Waals surface area contributed by atoms with Gasteiger partial charge in [-0.05, 0) is 126 Å². The van der Waals surface area contributed by atoms with Crippen LogP contribution in [0, 0.1) is 6.92 Å². The molecule has 0 radical (unpaired) electrons. The Morgan fingerprint density at radius 1 is 0.346 bits per heavy atom. The molecule has 242 valence electrons. The number of ether oxygens (including phenoxy) is 2. The van der Waals surface area contributed by atoms with Crippen molar-refractivity contribution in [3.05, 3.63) is 175 Å². The van der Waals surface area contributed by atoms with Crippen molar-refractivity contribution in [2.45, 2.75) is 6.92 Å². The number of aryl methyl sites for hydroxylation is 1. The van der Waals surface area contributed by atoms with Gasteiger partial charge in [-0.3, -0.25) is 0 Å². The third kappa shape index (κ3) is 4.53. The molecule has 9 aromatic carbocycles. The fourth-order valence-corrected chi connectivity index (χ4v) is 8.51. The van der Waals surface area contributed by atoms with Gasteiger partial charge in [0.1, 0.15) is 23.0 Å². The predicted octanol–water partition coefficient (Wildman–Crippen LogP) is 11.3. The minimum absolute atomic E-state index is 0.0337. The molecule has 2 heterocycles. The van der Waals surface area contributed by atoms with Crippen LogP contribution in [0.1, 0.15) is 5.56 Å². The van der Waals surface area contributed by atoms with Crippen LogP contribution in [0.15, 0.2) is 170 Å². The lowest BCUT2D eigenvalue weighted by Gasteiger charge is -2.34. The molecule has 0 aliphatic carbocycles. The normalized spacial score (nSPS) is 12.6. The summed E-state index contributed by atoms with van der Waals surface area (Å²) in [4.78, 5) is 0. The average molecular weight is 663 g/mol. The number of para-hydroxylation sites is 2. The molecule has 0 aromatic heterocycles. The molecule has 0 saturated carbocycles. The third-order valence-electron chi connectivity index (χ3n) is 10.9. The SMILES string of the molecule is Cc1cc2cc(c1)c1cccc(c1)c1cccc(c1)c1cc(c3c4c1Oc1ccccc1B4c1ccccc1O3)c1cccc(c1)c1cccc2c1. The molecular weight excluding hydrogens is 631 g/mol. The van der Waals surface area contributed by atoms with E-state index in [0.717, 1.165) is 71.7 Å². The van der Waals surface area contributed by atoms with E-state index in [1.54, 1.807) is 0 Å². The summed E-state index contributed by atoms with van der Waals surface area (Å²) in [6.45, 7) is 2.15. The largest absolute Gasteiger partial charge is 0.458 e. The van der Waals surface area contributed by atoms with Gasteiger partial charge in [0.15, 0.2) is 0 Å². The fraction of sp³-hybridized carbons (Fsp3) is 0.0204. The van der Waals surface area contributed by atoms with E-state index in [1.807, 2.05) is 0 Å². The number of hydrogen-bond acceptors (Lipinski definition) is 2. The van der Waals surface area contributed by atoms with Crippen molar-refractivity contribution in [1.29, 1.82) is 0 Å². The van der Waals surface area contributed by atoms with Crippen molar-refractivity contribution in [3.8, 4) is 23.0 Å². The summed E-state index contributed by atoms with van der Waals surface area (Å²) in [5.74, 6) is 3.48. The lowest BCUT2D eigenvalue weighted by molar-refractivity contribution is 0.471. The van der Waals surface area contributed by atoms with Crippen molar-refractivity contribution in [1.82, 2.24) is 0 Å². The zero-order valence-corrected chi connectivity index (χ0v) is 28.6. The van der Waals surface area contributed by atoms with Gasteiger partial charge in [0.05, 0.1) is 0 Å². The molecule has 0 atom stereocenters. The van der Waals surface area contributed by atoms with Crippen molar-refractivity contribution in [3.63, 3.8) is 0 Å². The first-order valence-corrected chi connectivity index (χ1v) is 17.9. The second-order valence-corrected chi connectivity index (χ2v) is 14.2. The van der Waals surface area contributed by atoms with E-state index in [0.29, 0.717) is 0 Å². The third-order valence-corrected chi connectivity index (χ3v) is 10.9. The minimum Gasteiger partial charge on any atom is -0.458 e. The van der Waals surface area contributed by atoms with Gasteiger partial charge in [-0.2, -0.15) is 0 Å². The van der Waals surface area contributed by atoms with Crippen LogP contribution >= 0.6 is 0 Å². The van der Waals surface area contributed by atoms with Crippen molar-refractivity contribution < 1.29 is 9.47 Å². The maximum absolute atomic E-state index is 6.97. The minimum atomic E-state index is -0.0337. The van der Waals surface area contributed by atoms with E-state index in [4.69, 9.17) is 9.47 Å². The van der Waals surface area contributed by atoms with E-state index in [2.05, 4.69) is 177 Å². The predicted molar refractivity (Wildman–Crippen MR) is 220 cm³/mol. The highest BCUT2D eigenvalue weighted by atomic mass is 16.5. The van der Waals surface area contributed by atoms with Gasteiger partial charge in [0.2, 0.25) is 0 Å². The summed E-state index contributed by atoms with van der Waals surface area (Å²) in [6.07, 6.45) is 0. The van der Waals surface area contributed by atoms with Crippen LogP contribution < -0.4 is 25.9 Å². The molecule has 0 N–H and O–H groups in total. The molecule has 2 aliphatic heterocycles. The molecule has 3 heteroatoms. The standard InChI is InChI=1S/C49H31BO2/c1-30-22-39-28-40(23-30)36-15-7-11-32(25-36)34-13-9-17-38(27-34)42-29-41(37-16-8-12-33(26-37)31-10-6-14-35(39)24-31)48-47-49(42)52-46-21-5-3-19-44(46)50(47)43-18-2-4-20-45(43)51-48/h2-29H,1H3. The van der Waals surface area contributed by atoms with Crippen LogP contribution in [-0.4, -0.2) is 6.71 Å². The van der Waals surface area contributed by atoms with Gasteiger partial charge in [-0.15, -0.1) is 0 Å². The monoisotopic (exact) mass is 662 g/mol. The summed E-state index contributed by atoms with van der Waals surface area (Å²) in [7, 11) is 0. The number of benzene rings is 8. The van der Waals surface area contributed by atoms with Crippen molar-refractivity contribution in [2.24, 2.45) is 0 Å². The molecular formula is C49H31BO2. The van der Waals surface area contributed by atoms with E-state index < -0.39 is 0 Å². The van der Waals surface area contributed by atoms with Gasteiger partial charge in [0.25, 0.3) is 6.71 Å². The number of rotatable bonds is 0. The van der Waals surface area contributed by atoms with Crippen molar-refractivity contribution >= 4 is 87.7 Å². The van der Waals surface area contributed by atoms with Crippen LogP contribution in [0.5, 0.6) is 23.0 Å². The zero-order chi connectivity index (χ0) is 34.3. The maximum Gasteiger partial charge on any atom is 0.260 e. The molecule has 12 bridgehead atoms. The first kappa shape index (κ1) is 29.2. The van der Waals surface area contributed by atoms with Crippen LogP contribution in [0.3, 0.4) is 0 Å². The van der Waals surface area contributed by atoms with Gasteiger partial charge in [-0.25, -0.2) is 0 Å².